The van der Waals surface area contributed by atoms with E-state index in [2.05, 4.69) is 0 Å². The summed E-state index contributed by atoms with van der Waals surface area (Å²) in [6.07, 6.45) is -4.55. The molecule has 0 saturated carbocycles. The Labute approximate surface area is 106 Å². The zero-order valence-corrected chi connectivity index (χ0v) is 11.5. The molecule has 0 rings (SSSR count). The second-order valence-electron chi connectivity index (χ2n) is 5.84. The molecule has 3 nitrogen and oxygen atoms in total. The number of hydrogen-bond donors (Lipinski definition) is 1. The molecule has 0 spiro atoms. The SMILES string of the molecule is CC(C)C[C@@H](C(=O)OC(C)(C)C)[C@@H](N)C(F)(F)F. The van der Waals surface area contributed by atoms with Crippen molar-refractivity contribution in [2.24, 2.45) is 17.6 Å². The van der Waals surface area contributed by atoms with E-state index < -0.39 is 29.7 Å². The zero-order valence-electron chi connectivity index (χ0n) is 11.5. The maximum Gasteiger partial charge on any atom is 0.404 e. The van der Waals surface area contributed by atoms with Crippen LogP contribution < -0.4 is 5.73 Å². The van der Waals surface area contributed by atoms with E-state index in [1.54, 1.807) is 34.6 Å². The minimum atomic E-state index is -4.60. The third-order valence-corrected chi connectivity index (χ3v) is 2.25. The van der Waals surface area contributed by atoms with Gasteiger partial charge >= 0.3 is 12.1 Å². The first kappa shape index (κ1) is 17.2. The highest BCUT2D eigenvalue weighted by Crippen LogP contribution is 2.29. The van der Waals surface area contributed by atoms with Crippen LogP contribution in [-0.2, 0) is 9.53 Å². The number of alkyl halides is 3. The Morgan fingerprint density at radius 3 is 1.94 bits per heavy atom. The molecule has 0 heterocycles. The van der Waals surface area contributed by atoms with Crippen molar-refractivity contribution >= 4 is 5.97 Å². The number of nitrogens with two attached hydrogens (primary N) is 1. The molecule has 0 radical (unpaired) electrons. The van der Waals surface area contributed by atoms with Gasteiger partial charge in [0.05, 0.1) is 5.92 Å². The van der Waals surface area contributed by atoms with Crippen LogP contribution in [0.5, 0.6) is 0 Å². The number of rotatable bonds is 4. The summed E-state index contributed by atoms with van der Waals surface area (Å²) in [5.74, 6) is -2.32. The first-order valence-electron chi connectivity index (χ1n) is 5.89. The van der Waals surface area contributed by atoms with Gasteiger partial charge in [0, 0.05) is 0 Å². The molecule has 18 heavy (non-hydrogen) atoms. The smallest absolute Gasteiger partial charge is 0.404 e. The maximum atomic E-state index is 12.6. The van der Waals surface area contributed by atoms with Gasteiger partial charge < -0.3 is 10.5 Å². The topological polar surface area (TPSA) is 52.3 Å². The van der Waals surface area contributed by atoms with Crippen molar-refractivity contribution in [2.75, 3.05) is 0 Å². The van der Waals surface area contributed by atoms with Gasteiger partial charge in [-0.2, -0.15) is 13.2 Å². The average molecular weight is 269 g/mol. The molecule has 0 aromatic carbocycles. The molecule has 0 saturated heterocycles. The van der Waals surface area contributed by atoms with Crippen molar-refractivity contribution < 1.29 is 22.7 Å². The molecule has 2 atom stereocenters. The Hall–Kier alpha value is -0.780. The molecule has 0 aliphatic rings. The van der Waals surface area contributed by atoms with E-state index in [1.165, 1.54) is 0 Å². The Bertz CT molecular complexity index is 282. The van der Waals surface area contributed by atoms with E-state index in [0.29, 0.717) is 0 Å². The minimum Gasteiger partial charge on any atom is -0.460 e. The second-order valence-corrected chi connectivity index (χ2v) is 5.84. The number of ether oxygens (including phenoxy) is 1. The molecule has 0 amide bonds. The summed E-state index contributed by atoms with van der Waals surface area (Å²) >= 11 is 0. The largest absolute Gasteiger partial charge is 0.460 e. The minimum absolute atomic E-state index is 0.0512. The Morgan fingerprint density at radius 1 is 1.22 bits per heavy atom. The lowest BCUT2D eigenvalue weighted by atomic mass is 9.90. The summed E-state index contributed by atoms with van der Waals surface area (Å²) in [5, 5.41) is 0. The number of carbonyl (C=O) groups excluding carboxylic acids is 1. The second kappa shape index (κ2) is 5.91. The molecule has 0 unspecified atom stereocenters. The van der Waals surface area contributed by atoms with Crippen LogP contribution in [0, 0.1) is 11.8 Å². The monoisotopic (exact) mass is 269 g/mol. The summed E-state index contributed by atoms with van der Waals surface area (Å²) < 4.78 is 42.8. The third kappa shape index (κ3) is 6.23. The highest BCUT2D eigenvalue weighted by atomic mass is 19.4. The van der Waals surface area contributed by atoms with Gasteiger partial charge in [0.1, 0.15) is 11.6 Å². The highest BCUT2D eigenvalue weighted by Gasteiger charge is 2.46. The van der Waals surface area contributed by atoms with Gasteiger partial charge in [-0.25, -0.2) is 0 Å². The fourth-order valence-electron chi connectivity index (χ4n) is 1.50. The van der Waals surface area contributed by atoms with Crippen LogP contribution >= 0.6 is 0 Å². The first-order valence-corrected chi connectivity index (χ1v) is 5.89. The molecule has 0 aliphatic heterocycles. The normalized spacial score (nSPS) is 16.6. The third-order valence-electron chi connectivity index (χ3n) is 2.25. The lowest BCUT2D eigenvalue weighted by Gasteiger charge is -2.29. The van der Waals surface area contributed by atoms with Crippen molar-refractivity contribution in [3.63, 3.8) is 0 Å². The van der Waals surface area contributed by atoms with Crippen LogP contribution in [-0.4, -0.2) is 23.8 Å². The van der Waals surface area contributed by atoms with Crippen molar-refractivity contribution in [3.8, 4) is 0 Å². The van der Waals surface area contributed by atoms with E-state index in [-0.39, 0.29) is 12.3 Å². The van der Waals surface area contributed by atoms with E-state index in [9.17, 15) is 18.0 Å². The van der Waals surface area contributed by atoms with Gasteiger partial charge in [0.2, 0.25) is 0 Å². The average Bonchev–Trinajstić information content (AvgIpc) is 2.08. The molecule has 2 N–H and O–H groups in total. The molecule has 0 aliphatic carbocycles. The molecule has 0 aromatic rings. The van der Waals surface area contributed by atoms with Crippen LogP contribution in [0.1, 0.15) is 41.0 Å². The number of carbonyl (C=O) groups is 1. The molecule has 0 bridgehead atoms. The van der Waals surface area contributed by atoms with Gasteiger partial charge in [0.25, 0.3) is 0 Å². The van der Waals surface area contributed by atoms with Crippen LogP contribution in [0.2, 0.25) is 0 Å². The lowest BCUT2D eigenvalue weighted by Crippen LogP contribution is -2.48. The van der Waals surface area contributed by atoms with Crippen LogP contribution in [0.3, 0.4) is 0 Å². The van der Waals surface area contributed by atoms with Crippen molar-refractivity contribution in [1.29, 1.82) is 0 Å². The summed E-state index contributed by atoms with van der Waals surface area (Å²) in [5.41, 5.74) is 4.32. The first-order chi connectivity index (χ1) is 7.84. The van der Waals surface area contributed by atoms with Gasteiger partial charge in [-0.05, 0) is 33.1 Å². The summed E-state index contributed by atoms with van der Waals surface area (Å²) in [6.45, 7) is 8.30. The standard InChI is InChI=1S/C12H22F3NO2/c1-7(2)6-8(9(16)12(13,14)15)10(17)18-11(3,4)5/h7-9H,6,16H2,1-5H3/t8-,9-/m1/s1. The lowest BCUT2D eigenvalue weighted by molar-refractivity contribution is -0.184. The van der Waals surface area contributed by atoms with Crippen molar-refractivity contribution in [2.45, 2.75) is 58.9 Å². The predicted molar refractivity (Wildman–Crippen MR) is 62.8 cm³/mol. The molecule has 108 valence electrons. The summed E-state index contributed by atoms with van der Waals surface area (Å²) in [4.78, 5) is 11.8. The summed E-state index contributed by atoms with van der Waals surface area (Å²) in [7, 11) is 0. The fourth-order valence-corrected chi connectivity index (χ4v) is 1.50. The van der Waals surface area contributed by atoms with E-state index in [0.717, 1.165) is 0 Å². The Kier molecular flexibility index (Phi) is 5.65. The Morgan fingerprint density at radius 2 is 1.67 bits per heavy atom. The summed E-state index contributed by atoms with van der Waals surface area (Å²) in [6, 6.07) is -2.19. The molecule has 0 fully saturated rings. The van der Waals surface area contributed by atoms with E-state index in [1.807, 2.05) is 0 Å². The highest BCUT2D eigenvalue weighted by molar-refractivity contribution is 5.73. The predicted octanol–water partition coefficient (Wildman–Crippen LogP) is 2.88. The van der Waals surface area contributed by atoms with Gasteiger partial charge in [-0.15, -0.1) is 0 Å². The molecule has 0 aromatic heterocycles. The number of halogens is 3. The van der Waals surface area contributed by atoms with Crippen molar-refractivity contribution in [1.82, 2.24) is 0 Å². The number of esters is 1. The van der Waals surface area contributed by atoms with E-state index >= 15 is 0 Å². The Balaban J connectivity index is 4.95. The maximum absolute atomic E-state index is 12.6. The molecular weight excluding hydrogens is 247 g/mol. The molecule has 6 heteroatoms. The van der Waals surface area contributed by atoms with Crippen LogP contribution in [0.15, 0.2) is 0 Å². The van der Waals surface area contributed by atoms with Gasteiger partial charge in [-0.3, -0.25) is 4.79 Å². The van der Waals surface area contributed by atoms with Crippen LogP contribution in [0.25, 0.3) is 0 Å². The van der Waals surface area contributed by atoms with Crippen molar-refractivity contribution in [3.05, 3.63) is 0 Å². The van der Waals surface area contributed by atoms with Crippen LogP contribution in [0.4, 0.5) is 13.2 Å². The quantitative estimate of drug-likeness (QED) is 0.798. The molecular formula is C12H22F3NO2. The van der Waals surface area contributed by atoms with Gasteiger partial charge in [0.15, 0.2) is 0 Å². The fraction of sp³-hybridized carbons (Fsp3) is 0.917. The van der Waals surface area contributed by atoms with E-state index in [4.69, 9.17) is 10.5 Å². The number of hydrogen-bond acceptors (Lipinski definition) is 3. The zero-order chi connectivity index (χ0) is 14.7. The van der Waals surface area contributed by atoms with Gasteiger partial charge in [-0.1, -0.05) is 13.8 Å².